The highest BCUT2D eigenvalue weighted by molar-refractivity contribution is 5.90. The molecule has 0 saturated carbocycles. The Morgan fingerprint density at radius 2 is 2.05 bits per heavy atom. The van der Waals surface area contributed by atoms with E-state index in [4.69, 9.17) is 0 Å². The molecule has 0 unspecified atom stereocenters. The molecule has 1 aliphatic rings. The van der Waals surface area contributed by atoms with Gasteiger partial charge in [-0.05, 0) is 36.1 Å². The van der Waals surface area contributed by atoms with Gasteiger partial charge in [0.05, 0.1) is 0 Å². The maximum Gasteiger partial charge on any atom is 0.225 e. The van der Waals surface area contributed by atoms with Gasteiger partial charge in [-0.25, -0.2) is 0 Å². The zero-order valence-corrected chi connectivity index (χ0v) is 13.8. The molecule has 0 aliphatic carbocycles. The van der Waals surface area contributed by atoms with Gasteiger partial charge in [0.15, 0.2) is 0 Å². The van der Waals surface area contributed by atoms with Gasteiger partial charge in [-0.15, -0.1) is 0 Å². The molecule has 1 N–H and O–H groups in total. The molecule has 1 aromatic rings. The minimum atomic E-state index is 0.0264. The van der Waals surface area contributed by atoms with Crippen LogP contribution in [0.3, 0.4) is 0 Å². The third-order valence-corrected chi connectivity index (χ3v) is 4.07. The molecule has 2 rings (SSSR count). The molecule has 1 aliphatic heterocycles. The highest BCUT2D eigenvalue weighted by Gasteiger charge is 2.22. The summed E-state index contributed by atoms with van der Waals surface area (Å²) in [5, 5.41) is 2.95. The molecule has 0 radical (unpaired) electrons. The van der Waals surface area contributed by atoms with E-state index < -0.39 is 0 Å². The van der Waals surface area contributed by atoms with Crippen molar-refractivity contribution in [3.05, 3.63) is 29.3 Å². The van der Waals surface area contributed by atoms with Crippen LogP contribution in [0.25, 0.3) is 0 Å². The molecule has 4 nitrogen and oxygen atoms in total. The number of amides is 2. The van der Waals surface area contributed by atoms with Crippen LogP contribution in [-0.4, -0.2) is 23.3 Å². The average molecular weight is 302 g/mol. The van der Waals surface area contributed by atoms with E-state index in [9.17, 15) is 9.59 Å². The fourth-order valence-corrected chi connectivity index (χ4v) is 2.75. The van der Waals surface area contributed by atoms with Crippen molar-refractivity contribution >= 4 is 17.5 Å². The Morgan fingerprint density at radius 3 is 2.73 bits per heavy atom. The van der Waals surface area contributed by atoms with Crippen molar-refractivity contribution in [1.82, 2.24) is 4.90 Å². The zero-order chi connectivity index (χ0) is 16.1. The smallest absolute Gasteiger partial charge is 0.225 e. The highest BCUT2D eigenvalue weighted by Crippen LogP contribution is 2.24. The predicted octanol–water partition coefficient (Wildman–Crippen LogP) is 3.36. The number of hydrogen-bond donors (Lipinski definition) is 1. The zero-order valence-electron chi connectivity index (χ0n) is 13.8. The fourth-order valence-electron chi connectivity index (χ4n) is 2.75. The van der Waals surface area contributed by atoms with E-state index in [-0.39, 0.29) is 17.7 Å². The summed E-state index contributed by atoms with van der Waals surface area (Å²) < 4.78 is 0. The van der Waals surface area contributed by atoms with Gasteiger partial charge in [0.2, 0.25) is 11.8 Å². The molecule has 0 fully saturated rings. The van der Waals surface area contributed by atoms with Crippen LogP contribution in [0, 0.1) is 5.92 Å². The van der Waals surface area contributed by atoms with Crippen molar-refractivity contribution in [1.29, 1.82) is 0 Å². The monoisotopic (exact) mass is 302 g/mol. The lowest BCUT2D eigenvalue weighted by molar-refractivity contribution is -0.135. The number of hydrogen-bond acceptors (Lipinski definition) is 2. The summed E-state index contributed by atoms with van der Waals surface area (Å²) in [4.78, 5) is 25.9. The van der Waals surface area contributed by atoms with Crippen LogP contribution < -0.4 is 5.32 Å². The van der Waals surface area contributed by atoms with Gasteiger partial charge in [0, 0.05) is 31.1 Å². The molecular weight excluding hydrogens is 276 g/mol. The number of carbonyl (C=O) groups excluding carboxylic acids is 2. The number of anilines is 1. The molecule has 2 amide bonds. The van der Waals surface area contributed by atoms with Gasteiger partial charge in [-0.1, -0.05) is 33.3 Å². The molecule has 1 aromatic carbocycles. The largest absolute Gasteiger partial charge is 0.338 e. The van der Waals surface area contributed by atoms with Gasteiger partial charge in [-0.3, -0.25) is 9.59 Å². The summed E-state index contributed by atoms with van der Waals surface area (Å²) >= 11 is 0. The van der Waals surface area contributed by atoms with Crippen LogP contribution in [0.2, 0.25) is 0 Å². The van der Waals surface area contributed by atoms with E-state index in [0.717, 1.165) is 37.1 Å². The minimum absolute atomic E-state index is 0.0264. The summed E-state index contributed by atoms with van der Waals surface area (Å²) in [7, 11) is 0. The van der Waals surface area contributed by atoms with Crippen molar-refractivity contribution in [3.63, 3.8) is 0 Å². The molecule has 0 spiro atoms. The molecule has 0 aromatic heterocycles. The molecule has 22 heavy (non-hydrogen) atoms. The van der Waals surface area contributed by atoms with Gasteiger partial charge >= 0.3 is 0 Å². The first-order valence-electron chi connectivity index (χ1n) is 8.21. The summed E-state index contributed by atoms with van der Waals surface area (Å²) in [5.41, 5.74) is 3.26. The molecule has 0 saturated heterocycles. The lowest BCUT2D eigenvalue weighted by Gasteiger charge is -2.30. The maximum atomic E-state index is 12.1. The third-order valence-electron chi connectivity index (χ3n) is 4.07. The number of rotatable bonds is 5. The van der Waals surface area contributed by atoms with Crippen molar-refractivity contribution in [2.75, 3.05) is 11.9 Å². The Kier molecular flexibility index (Phi) is 5.58. The van der Waals surface area contributed by atoms with Crippen LogP contribution in [0.15, 0.2) is 18.2 Å². The highest BCUT2D eigenvalue weighted by atomic mass is 16.2. The normalized spacial score (nSPS) is 13.9. The van der Waals surface area contributed by atoms with Gasteiger partial charge < -0.3 is 10.2 Å². The molecular formula is C18H26N2O2. The topological polar surface area (TPSA) is 49.4 Å². The Balaban J connectivity index is 2.05. The van der Waals surface area contributed by atoms with Gasteiger partial charge in [-0.2, -0.15) is 0 Å². The average Bonchev–Trinajstić information content (AvgIpc) is 2.51. The van der Waals surface area contributed by atoms with Crippen molar-refractivity contribution < 1.29 is 9.59 Å². The SMILES string of the molecule is CCCCC(=O)Nc1ccc2c(c1)CN(C(=O)C(C)C)CC2. The number of nitrogens with one attached hydrogen (secondary N) is 1. The van der Waals surface area contributed by atoms with Crippen molar-refractivity contribution in [2.24, 2.45) is 5.92 Å². The summed E-state index contributed by atoms with van der Waals surface area (Å²) in [6.45, 7) is 7.37. The number of fused-ring (bicyclic) bond motifs is 1. The Bertz CT molecular complexity index is 552. The third kappa shape index (κ3) is 4.09. The second kappa shape index (κ2) is 7.43. The van der Waals surface area contributed by atoms with Gasteiger partial charge in [0.1, 0.15) is 0 Å². The van der Waals surface area contributed by atoms with Crippen LogP contribution in [0.5, 0.6) is 0 Å². The summed E-state index contributed by atoms with van der Waals surface area (Å²) in [5.74, 6) is 0.286. The predicted molar refractivity (Wildman–Crippen MR) is 88.6 cm³/mol. The van der Waals surface area contributed by atoms with E-state index in [0.29, 0.717) is 13.0 Å². The quantitative estimate of drug-likeness (QED) is 0.906. The molecule has 0 bridgehead atoms. The summed E-state index contributed by atoms with van der Waals surface area (Å²) in [6.07, 6.45) is 3.38. The Hall–Kier alpha value is -1.84. The summed E-state index contributed by atoms with van der Waals surface area (Å²) in [6, 6.07) is 6.05. The first kappa shape index (κ1) is 16.5. The lowest BCUT2D eigenvalue weighted by atomic mass is 9.98. The first-order valence-corrected chi connectivity index (χ1v) is 8.21. The van der Waals surface area contributed by atoms with Crippen molar-refractivity contribution in [2.45, 2.75) is 53.0 Å². The van der Waals surface area contributed by atoms with E-state index in [1.54, 1.807) is 0 Å². The standard InChI is InChI=1S/C18H26N2O2/c1-4-5-6-17(21)19-16-8-7-14-9-10-20(12-15(14)11-16)18(22)13(2)3/h7-8,11,13H,4-6,9-10,12H2,1-3H3,(H,19,21). The first-order chi connectivity index (χ1) is 10.5. The van der Waals surface area contributed by atoms with Crippen LogP contribution >= 0.6 is 0 Å². The number of nitrogens with zero attached hydrogens (tertiary/aromatic N) is 1. The van der Waals surface area contributed by atoms with Crippen molar-refractivity contribution in [3.8, 4) is 0 Å². The van der Waals surface area contributed by atoms with E-state index in [1.165, 1.54) is 5.56 Å². The van der Waals surface area contributed by atoms with E-state index in [2.05, 4.69) is 18.3 Å². The number of carbonyl (C=O) groups is 2. The van der Waals surface area contributed by atoms with E-state index >= 15 is 0 Å². The minimum Gasteiger partial charge on any atom is -0.338 e. The molecule has 1 heterocycles. The molecule has 0 atom stereocenters. The fraction of sp³-hybridized carbons (Fsp3) is 0.556. The molecule has 120 valence electrons. The maximum absolute atomic E-state index is 12.1. The molecule has 4 heteroatoms. The van der Waals surface area contributed by atoms with Crippen LogP contribution in [0.4, 0.5) is 5.69 Å². The number of benzene rings is 1. The Labute approximate surface area is 132 Å². The lowest BCUT2D eigenvalue weighted by Crippen LogP contribution is -2.38. The van der Waals surface area contributed by atoms with Gasteiger partial charge in [0.25, 0.3) is 0 Å². The second-order valence-corrected chi connectivity index (χ2v) is 6.30. The number of unbranched alkanes of at least 4 members (excludes halogenated alkanes) is 1. The Morgan fingerprint density at radius 1 is 1.27 bits per heavy atom. The second-order valence-electron chi connectivity index (χ2n) is 6.30. The van der Waals surface area contributed by atoms with Crippen LogP contribution in [-0.2, 0) is 22.6 Å². The van der Waals surface area contributed by atoms with E-state index in [1.807, 2.05) is 30.9 Å². The van der Waals surface area contributed by atoms with Crippen LogP contribution in [0.1, 0.15) is 51.2 Å².